The number of hydrogen-bond acceptors (Lipinski definition) is 0. The second kappa shape index (κ2) is 4.99. The van der Waals surface area contributed by atoms with Crippen LogP contribution in [0, 0.1) is 6.04 Å². The number of benzene rings is 2. The van der Waals surface area contributed by atoms with Gasteiger partial charge in [0.2, 0.25) is 0 Å². The smallest absolute Gasteiger partial charge is 0.147 e. The summed E-state index contributed by atoms with van der Waals surface area (Å²) in [7, 11) is 0. The molecular formula is C18H15N. The molecule has 0 atom stereocenters. The fourth-order valence-electron chi connectivity index (χ4n) is 2.20. The Bertz CT molecular complexity index is 636. The van der Waals surface area contributed by atoms with E-state index in [2.05, 4.69) is 55.3 Å². The van der Waals surface area contributed by atoms with Crippen LogP contribution in [0.3, 0.4) is 0 Å². The van der Waals surface area contributed by atoms with Gasteiger partial charge in [0.05, 0.1) is 6.72 Å². The van der Waals surface area contributed by atoms with Crippen LogP contribution in [-0.4, -0.2) is 11.3 Å². The third kappa shape index (κ3) is 2.36. The molecule has 0 N–H and O–H groups in total. The minimum absolute atomic E-state index is 1.11. The molecule has 1 heteroatoms. The van der Waals surface area contributed by atoms with E-state index in [1.807, 2.05) is 35.0 Å². The highest BCUT2D eigenvalue weighted by Crippen LogP contribution is 2.27. The molecule has 1 heterocycles. The van der Waals surface area contributed by atoms with Crippen molar-refractivity contribution in [2.45, 2.75) is 0 Å². The van der Waals surface area contributed by atoms with Crippen molar-refractivity contribution in [2.24, 2.45) is 0 Å². The van der Waals surface area contributed by atoms with E-state index < -0.39 is 0 Å². The van der Waals surface area contributed by atoms with Crippen LogP contribution in [0.5, 0.6) is 0 Å². The molecule has 0 fully saturated rings. The normalized spacial score (nSPS) is 14.4. The van der Waals surface area contributed by atoms with Gasteiger partial charge in [-0.05, 0) is 23.3 Å². The molecule has 0 bridgehead atoms. The van der Waals surface area contributed by atoms with Crippen molar-refractivity contribution in [3.8, 4) is 0 Å². The Balaban J connectivity index is 2.00. The molecule has 0 unspecified atom stereocenters. The minimum atomic E-state index is 1.11. The van der Waals surface area contributed by atoms with Gasteiger partial charge in [-0.25, -0.2) is 0 Å². The van der Waals surface area contributed by atoms with Crippen molar-refractivity contribution in [3.05, 3.63) is 96.2 Å². The molecule has 0 saturated carbocycles. The first-order chi connectivity index (χ1) is 9.34. The number of rotatable bonds is 2. The van der Waals surface area contributed by atoms with Crippen LogP contribution in [0.2, 0.25) is 0 Å². The summed E-state index contributed by atoms with van der Waals surface area (Å²) >= 11 is 0. The Hall–Kier alpha value is -2.54. The zero-order valence-corrected chi connectivity index (χ0v) is 10.7. The first-order valence-corrected chi connectivity index (χ1v) is 6.32. The van der Waals surface area contributed by atoms with E-state index in [9.17, 15) is 0 Å². The fraction of sp³-hybridized carbons (Fsp3) is 0. The summed E-state index contributed by atoms with van der Waals surface area (Å²) in [6.07, 6.45) is 6.27. The summed E-state index contributed by atoms with van der Waals surface area (Å²) in [6, 6.07) is 21.8. The van der Waals surface area contributed by atoms with E-state index in [1.165, 1.54) is 16.7 Å². The quantitative estimate of drug-likeness (QED) is 0.558. The van der Waals surface area contributed by atoms with Crippen LogP contribution in [0.25, 0.3) is 5.57 Å². The van der Waals surface area contributed by atoms with Crippen molar-refractivity contribution >= 4 is 12.3 Å². The van der Waals surface area contributed by atoms with Crippen LogP contribution < -0.4 is 0 Å². The average Bonchev–Trinajstić information content (AvgIpc) is 2.49. The Labute approximate surface area is 113 Å². The molecule has 0 radical (unpaired) electrons. The van der Waals surface area contributed by atoms with E-state index in [0.29, 0.717) is 0 Å². The first-order valence-electron chi connectivity index (χ1n) is 6.32. The molecule has 0 amide bonds. The largest absolute Gasteiger partial charge is 0.255 e. The van der Waals surface area contributed by atoms with Crippen LogP contribution in [0.4, 0.5) is 0 Å². The lowest BCUT2D eigenvalue weighted by Gasteiger charge is -2.19. The zero-order valence-electron chi connectivity index (χ0n) is 10.7. The maximum absolute atomic E-state index is 4.05. The predicted octanol–water partition coefficient (Wildman–Crippen LogP) is 3.89. The van der Waals surface area contributed by atoms with Crippen molar-refractivity contribution in [3.63, 3.8) is 0 Å². The van der Waals surface area contributed by atoms with Crippen molar-refractivity contribution in [2.75, 3.05) is 0 Å². The molecule has 2 aromatic carbocycles. The molecule has 1 nitrogen and oxygen atoms in total. The van der Waals surface area contributed by atoms with Crippen LogP contribution in [0.1, 0.15) is 11.1 Å². The van der Waals surface area contributed by atoms with Gasteiger partial charge in [-0.1, -0.05) is 54.1 Å². The van der Waals surface area contributed by atoms with Gasteiger partial charge >= 0.3 is 0 Å². The van der Waals surface area contributed by atoms with Crippen molar-refractivity contribution in [1.82, 2.24) is 0 Å². The lowest BCUT2D eigenvalue weighted by Crippen LogP contribution is -2.14. The van der Waals surface area contributed by atoms with Crippen molar-refractivity contribution < 1.29 is 4.58 Å². The third-order valence-electron chi connectivity index (χ3n) is 3.21. The molecule has 92 valence electrons. The minimum Gasteiger partial charge on any atom is -0.255 e. The Morgan fingerprint density at radius 1 is 0.842 bits per heavy atom. The highest BCUT2D eigenvalue weighted by molar-refractivity contribution is 5.76. The highest BCUT2D eigenvalue weighted by atomic mass is 15.0. The summed E-state index contributed by atoms with van der Waals surface area (Å²) in [4.78, 5) is 0. The Kier molecular flexibility index (Phi) is 3.03. The predicted molar refractivity (Wildman–Crippen MR) is 79.7 cm³/mol. The molecule has 1 aliphatic heterocycles. The average molecular weight is 245 g/mol. The van der Waals surface area contributed by atoms with E-state index in [1.54, 1.807) is 0 Å². The summed E-state index contributed by atoms with van der Waals surface area (Å²) < 4.78 is 1.90. The van der Waals surface area contributed by atoms with E-state index >= 15 is 0 Å². The maximum Gasteiger partial charge on any atom is 0.147 e. The molecule has 19 heavy (non-hydrogen) atoms. The molecule has 1 aliphatic rings. The van der Waals surface area contributed by atoms with Crippen LogP contribution in [-0.2, 0) is 0 Å². The van der Waals surface area contributed by atoms with E-state index in [-0.39, 0.29) is 0 Å². The summed E-state index contributed by atoms with van der Waals surface area (Å²) in [5.41, 5.74) is 3.61. The van der Waals surface area contributed by atoms with E-state index in [4.69, 9.17) is 0 Å². The lowest BCUT2D eigenvalue weighted by molar-refractivity contribution is -0.417. The monoisotopic (exact) mass is 245 g/mol. The summed E-state index contributed by atoms with van der Waals surface area (Å²) in [6.45, 7) is 4.05. The Morgan fingerprint density at radius 2 is 1.47 bits per heavy atom. The van der Waals surface area contributed by atoms with Crippen LogP contribution >= 0.6 is 0 Å². The summed E-state index contributed by atoms with van der Waals surface area (Å²) in [5, 5.41) is 0. The molecule has 3 rings (SSSR count). The van der Waals surface area contributed by atoms with Gasteiger partial charge in [0.15, 0.2) is 0 Å². The second-order valence-electron chi connectivity index (χ2n) is 4.50. The highest BCUT2D eigenvalue weighted by Gasteiger charge is 2.16. The summed E-state index contributed by atoms with van der Waals surface area (Å²) in [5.74, 6) is 0. The SMILES string of the molecule is C=[N+]1C=CC(c2ccccc2)=C[C-]1c1ccccc1. The van der Waals surface area contributed by atoms with Crippen molar-refractivity contribution in [1.29, 1.82) is 0 Å². The lowest BCUT2D eigenvalue weighted by atomic mass is 9.97. The topological polar surface area (TPSA) is 3.01 Å². The second-order valence-corrected chi connectivity index (χ2v) is 4.50. The van der Waals surface area contributed by atoms with Gasteiger partial charge < -0.3 is 0 Å². The van der Waals surface area contributed by atoms with Gasteiger partial charge in [0.1, 0.15) is 12.2 Å². The number of allylic oxidation sites excluding steroid dienone is 2. The van der Waals surface area contributed by atoms with Gasteiger partial charge in [-0.2, -0.15) is 0 Å². The molecule has 0 spiro atoms. The zero-order chi connectivity index (χ0) is 13.1. The fourth-order valence-corrected chi connectivity index (χ4v) is 2.20. The number of nitrogens with zero attached hydrogens (tertiary/aromatic N) is 1. The maximum atomic E-state index is 4.05. The van der Waals surface area contributed by atoms with Gasteiger partial charge in [0.25, 0.3) is 0 Å². The van der Waals surface area contributed by atoms with Gasteiger partial charge in [-0.15, -0.1) is 12.1 Å². The number of hydrogen-bond donors (Lipinski definition) is 0. The first kappa shape index (κ1) is 11.5. The molecule has 0 saturated heterocycles. The van der Waals surface area contributed by atoms with Crippen LogP contribution in [0.15, 0.2) is 79.0 Å². The van der Waals surface area contributed by atoms with Gasteiger partial charge in [-0.3, -0.25) is 4.58 Å². The molecule has 0 aliphatic carbocycles. The van der Waals surface area contributed by atoms with Gasteiger partial charge in [0, 0.05) is 0 Å². The molecule has 2 aromatic rings. The Morgan fingerprint density at radius 3 is 2.16 bits per heavy atom. The van der Waals surface area contributed by atoms with E-state index in [0.717, 1.165) is 6.04 Å². The molecular weight excluding hydrogens is 230 g/mol. The standard InChI is InChI=1S/C18H15N/c1-19-13-12-17(15-8-4-2-5-9-15)14-18(19)16-10-6-3-7-11-16/h2-14H,1H2. The molecule has 0 aromatic heterocycles. The third-order valence-corrected chi connectivity index (χ3v) is 3.21.